The van der Waals surface area contributed by atoms with Gasteiger partial charge in [0, 0.05) is 31.4 Å². The predicted octanol–water partition coefficient (Wildman–Crippen LogP) is 2.06. The Balaban J connectivity index is 2.16. The summed E-state index contributed by atoms with van der Waals surface area (Å²) in [5, 5.41) is 41.0. The van der Waals surface area contributed by atoms with Gasteiger partial charge in [-0.05, 0) is 37.7 Å². The summed E-state index contributed by atoms with van der Waals surface area (Å²) in [7, 11) is -5.08. The van der Waals surface area contributed by atoms with Crippen molar-refractivity contribution in [3.8, 4) is 0 Å². The maximum atomic E-state index is 11.7. The molecule has 0 radical (unpaired) electrons. The van der Waals surface area contributed by atoms with Gasteiger partial charge in [-0.1, -0.05) is 49.8 Å². The Morgan fingerprint density at radius 3 is 2.67 bits per heavy atom. The molecule has 1 aliphatic carbocycles. The van der Waals surface area contributed by atoms with Crippen molar-refractivity contribution in [2.24, 2.45) is 11.8 Å². The van der Waals surface area contributed by atoms with Gasteiger partial charge in [0.1, 0.15) is 17.8 Å². The summed E-state index contributed by atoms with van der Waals surface area (Å²) in [6, 6.07) is 0. The van der Waals surface area contributed by atoms with Crippen molar-refractivity contribution < 1.29 is 48.8 Å². The summed E-state index contributed by atoms with van der Waals surface area (Å²) >= 11 is 0. The largest absolute Gasteiger partial charge is 0.469 e. The molecule has 7 atom stereocenters. The molecule has 6 N–H and O–H groups in total. The predicted molar refractivity (Wildman–Crippen MR) is 132 cm³/mol. The summed E-state index contributed by atoms with van der Waals surface area (Å²) in [4.78, 5) is 30.5. The van der Waals surface area contributed by atoms with Crippen LogP contribution in [-0.2, 0) is 18.6 Å². The van der Waals surface area contributed by atoms with Crippen LogP contribution in [0, 0.1) is 11.8 Å². The fraction of sp³-hybridized carbons (Fsp3) is 0.640. The number of cyclic esters (lactones) is 1. The highest BCUT2D eigenvalue weighted by Gasteiger charge is 2.40. The Morgan fingerprint density at radius 1 is 1.28 bits per heavy atom. The lowest BCUT2D eigenvalue weighted by Gasteiger charge is -2.35. The molecule has 2 aliphatic rings. The molecular weight excluding hydrogens is 491 g/mol. The van der Waals surface area contributed by atoms with Crippen LogP contribution < -0.4 is 0 Å². The van der Waals surface area contributed by atoms with Gasteiger partial charge in [-0.15, -0.1) is 0 Å². The van der Waals surface area contributed by atoms with Crippen LogP contribution in [0.5, 0.6) is 0 Å². The Labute approximate surface area is 211 Å². The minimum Gasteiger partial charge on any atom is -0.454 e. The molecule has 0 bridgehead atoms. The second kappa shape index (κ2) is 14.4. The van der Waals surface area contributed by atoms with Crippen LogP contribution in [0.2, 0.25) is 0 Å². The first kappa shape index (κ1) is 30.6. The number of aliphatic hydroxyl groups excluding tert-OH is 3. The number of hydrogen-bond acceptors (Lipinski definition) is 8. The van der Waals surface area contributed by atoms with Crippen molar-refractivity contribution in [3.05, 3.63) is 48.6 Å². The molecule has 1 heterocycles. The molecule has 0 aromatic rings. The maximum absolute atomic E-state index is 11.7. The molecule has 1 fully saturated rings. The number of allylic oxidation sites excluding steroid dienone is 3. The first-order valence-electron chi connectivity index (χ1n) is 12.3. The highest BCUT2D eigenvalue weighted by molar-refractivity contribution is 7.46. The van der Waals surface area contributed by atoms with E-state index in [1.54, 1.807) is 18.2 Å². The van der Waals surface area contributed by atoms with Crippen molar-refractivity contribution in [1.29, 1.82) is 0 Å². The van der Waals surface area contributed by atoms with Gasteiger partial charge >= 0.3 is 13.8 Å². The van der Waals surface area contributed by atoms with Crippen LogP contribution in [-0.4, -0.2) is 72.8 Å². The van der Waals surface area contributed by atoms with Crippen molar-refractivity contribution >= 4 is 13.8 Å². The monoisotopic (exact) mass is 530 g/mol. The zero-order chi connectivity index (χ0) is 26.8. The van der Waals surface area contributed by atoms with E-state index in [-0.39, 0.29) is 30.8 Å². The number of carbonyl (C=O) groups is 1. The lowest BCUT2D eigenvalue weighted by atomic mass is 9.86. The van der Waals surface area contributed by atoms with Crippen LogP contribution in [0.25, 0.3) is 0 Å². The molecule has 2 rings (SSSR count). The summed E-state index contributed by atoms with van der Waals surface area (Å²) in [5.74, 6) is -0.486. The van der Waals surface area contributed by atoms with E-state index < -0.39 is 44.3 Å². The number of esters is 1. The normalized spacial score (nSPS) is 29.0. The van der Waals surface area contributed by atoms with Crippen molar-refractivity contribution in [2.75, 3.05) is 6.61 Å². The number of aliphatic hydroxyl groups is 4. The summed E-state index contributed by atoms with van der Waals surface area (Å²) in [6.07, 6.45) is 11.7. The maximum Gasteiger partial charge on any atom is 0.469 e. The zero-order valence-corrected chi connectivity index (χ0v) is 21.4. The van der Waals surface area contributed by atoms with E-state index in [0.29, 0.717) is 12.8 Å². The Hall–Kier alpha value is -1.62. The Kier molecular flexibility index (Phi) is 12.2. The van der Waals surface area contributed by atoms with Gasteiger partial charge < -0.3 is 34.9 Å². The molecule has 11 heteroatoms. The van der Waals surface area contributed by atoms with Crippen LogP contribution >= 0.6 is 7.82 Å². The molecule has 0 saturated heterocycles. The van der Waals surface area contributed by atoms with Gasteiger partial charge in [0.05, 0.1) is 12.2 Å². The van der Waals surface area contributed by atoms with Gasteiger partial charge in [-0.3, -0.25) is 4.52 Å². The number of ether oxygens (including phenoxy) is 1. The van der Waals surface area contributed by atoms with E-state index in [9.17, 15) is 39.6 Å². The van der Waals surface area contributed by atoms with E-state index in [1.807, 2.05) is 13.0 Å². The van der Waals surface area contributed by atoms with E-state index >= 15 is 0 Å². The van der Waals surface area contributed by atoms with Crippen molar-refractivity contribution in [1.82, 2.24) is 0 Å². The third-order valence-corrected chi connectivity index (χ3v) is 7.03. The SMILES string of the molecule is CC[C@H]1C=CC(=O)O[C@H]1/C=C/[C@](O)(CCO)[C@@H](C[C@@H](O)/C=C\C=C/[C@@H]1CCC[C@H](O)C1)OP(=O)(O)O. The van der Waals surface area contributed by atoms with Crippen LogP contribution in [0.3, 0.4) is 0 Å². The molecule has 0 unspecified atom stereocenters. The topological polar surface area (TPSA) is 174 Å². The molecule has 204 valence electrons. The quantitative estimate of drug-likeness (QED) is 0.0895. The second-order valence-corrected chi connectivity index (χ2v) is 10.6. The summed E-state index contributed by atoms with van der Waals surface area (Å²) < 4.78 is 21.8. The van der Waals surface area contributed by atoms with Gasteiger partial charge in [0.15, 0.2) is 0 Å². The van der Waals surface area contributed by atoms with E-state index in [4.69, 9.17) is 9.26 Å². The second-order valence-electron chi connectivity index (χ2n) is 9.39. The number of rotatable bonds is 13. The van der Waals surface area contributed by atoms with E-state index in [1.165, 1.54) is 24.3 Å². The summed E-state index contributed by atoms with van der Waals surface area (Å²) in [5.41, 5.74) is -2.08. The van der Waals surface area contributed by atoms with Gasteiger partial charge in [-0.25, -0.2) is 9.36 Å². The Morgan fingerprint density at radius 2 is 2.03 bits per heavy atom. The number of hydrogen-bond donors (Lipinski definition) is 6. The third kappa shape index (κ3) is 10.4. The van der Waals surface area contributed by atoms with Gasteiger partial charge in [0.25, 0.3) is 0 Å². The van der Waals surface area contributed by atoms with Gasteiger partial charge in [-0.2, -0.15) is 0 Å². The zero-order valence-electron chi connectivity index (χ0n) is 20.5. The minimum absolute atomic E-state index is 0.163. The minimum atomic E-state index is -5.08. The molecule has 36 heavy (non-hydrogen) atoms. The number of phosphoric ester groups is 1. The van der Waals surface area contributed by atoms with Crippen LogP contribution in [0.15, 0.2) is 48.6 Å². The van der Waals surface area contributed by atoms with Crippen LogP contribution in [0.1, 0.15) is 51.9 Å². The fourth-order valence-corrected chi connectivity index (χ4v) is 5.11. The average molecular weight is 531 g/mol. The lowest BCUT2D eigenvalue weighted by molar-refractivity contribution is -0.143. The first-order chi connectivity index (χ1) is 17.0. The van der Waals surface area contributed by atoms with Gasteiger partial charge in [0.2, 0.25) is 0 Å². The standard InChI is InChI=1S/C25H39O10P/c1-2-19-10-11-24(29)34-22(19)12-13-25(30,14-15-26)23(35-36(31,32)33)17-21(28)8-4-3-6-18-7-5-9-20(27)16-18/h3-4,6,8,10-13,18-23,26-28,30H,2,5,7,9,14-17H2,1H3,(H2,31,32,33)/b6-3-,8-4-,13-12+/t18-,19+,20+,21+,22+,23-,25+/m1/s1. The van der Waals surface area contributed by atoms with Crippen LogP contribution in [0.4, 0.5) is 0 Å². The molecule has 1 saturated carbocycles. The van der Waals surface area contributed by atoms with E-state index in [0.717, 1.165) is 19.3 Å². The highest BCUT2D eigenvalue weighted by atomic mass is 31.2. The molecular formula is C25H39O10P. The molecule has 0 amide bonds. The first-order valence-corrected chi connectivity index (χ1v) is 13.8. The highest BCUT2D eigenvalue weighted by Crippen LogP contribution is 2.42. The average Bonchev–Trinajstić information content (AvgIpc) is 2.79. The smallest absolute Gasteiger partial charge is 0.454 e. The summed E-state index contributed by atoms with van der Waals surface area (Å²) in [6.45, 7) is 1.35. The van der Waals surface area contributed by atoms with Crippen molar-refractivity contribution in [2.45, 2.75) is 81.9 Å². The molecule has 0 aromatic carbocycles. The number of carbonyl (C=O) groups excluding carboxylic acids is 1. The third-order valence-electron chi connectivity index (χ3n) is 6.50. The molecule has 1 aliphatic heterocycles. The lowest BCUT2D eigenvalue weighted by Crippen LogP contribution is -2.45. The number of phosphoric acid groups is 1. The molecule has 0 spiro atoms. The van der Waals surface area contributed by atoms with Crippen molar-refractivity contribution in [3.63, 3.8) is 0 Å². The Bertz CT molecular complexity index is 863. The van der Waals surface area contributed by atoms with E-state index in [2.05, 4.69) is 0 Å². The fourth-order valence-electron chi connectivity index (χ4n) is 4.51. The molecule has 0 aromatic heterocycles. The molecule has 10 nitrogen and oxygen atoms in total.